The van der Waals surface area contributed by atoms with Crippen LogP contribution in [0, 0.1) is 0 Å². The van der Waals surface area contributed by atoms with Gasteiger partial charge >= 0.3 is 0 Å². The van der Waals surface area contributed by atoms with E-state index in [-0.39, 0.29) is 10.8 Å². The van der Waals surface area contributed by atoms with E-state index in [2.05, 4.69) is 15.6 Å². The summed E-state index contributed by atoms with van der Waals surface area (Å²) in [4.78, 5) is 12.4. The summed E-state index contributed by atoms with van der Waals surface area (Å²) < 4.78 is 27.4. The molecule has 0 aliphatic heterocycles. The maximum absolute atomic E-state index is 12.2. The van der Waals surface area contributed by atoms with Crippen molar-refractivity contribution in [2.75, 3.05) is 14.1 Å². The van der Waals surface area contributed by atoms with Crippen LogP contribution in [0.2, 0.25) is 0 Å². The average Bonchev–Trinajstić information content (AvgIpc) is 2.88. The summed E-state index contributed by atoms with van der Waals surface area (Å²) in [5.41, 5.74) is 1.30. The van der Waals surface area contributed by atoms with Crippen LogP contribution in [0.5, 0.6) is 0 Å². The van der Waals surface area contributed by atoms with E-state index in [0.29, 0.717) is 30.9 Å². The van der Waals surface area contributed by atoms with E-state index in [4.69, 9.17) is 0 Å². The lowest BCUT2D eigenvalue weighted by molar-refractivity contribution is -0.122. The fraction of sp³-hybridized carbons (Fsp3) is 0.632. The van der Waals surface area contributed by atoms with Crippen molar-refractivity contribution in [2.24, 2.45) is 0 Å². The second kappa shape index (κ2) is 9.00. The minimum absolute atomic E-state index is 0.0932. The number of aromatic nitrogens is 3. The molecule has 1 aromatic carbocycles. The average molecular weight is 408 g/mol. The lowest BCUT2D eigenvalue weighted by Crippen LogP contribution is -2.34. The van der Waals surface area contributed by atoms with Crippen molar-refractivity contribution in [3.63, 3.8) is 0 Å². The number of amides is 1. The van der Waals surface area contributed by atoms with Crippen LogP contribution in [0.25, 0.3) is 11.0 Å². The van der Waals surface area contributed by atoms with Gasteiger partial charge in [0.1, 0.15) is 5.52 Å². The predicted molar refractivity (Wildman–Crippen MR) is 107 cm³/mol. The van der Waals surface area contributed by atoms with Crippen LogP contribution < -0.4 is 5.32 Å². The van der Waals surface area contributed by atoms with Crippen LogP contribution in [0.1, 0.15) is 51.4 Å². The molecule has 3 rings (SSSR count). The second-order valence-corrected chi connectivity index (χ2v) is 9.76. The van der Waals surface area contributed by atoms with Crippen LogP contribution in [0.3, 0.4) is 0 Å². The Morgan fingerprint density at radius 1 is 1.21 bits per heavy atom. The highest BCUT2D eigenvalue weighted by Gasteiger charge is 2.19. The molecule has 0 spiro atoms. The quantitative estimate of drug-likeness (QED) is 0.710. The fourth-order valence-corrected chi connectivity index (χ4v) is 4.52. The van der Waals surface area contributed by atoms with E-state index >= 15 is 0 Å². The fourth-order valence-electron chi connectivity index (χ4n) is 3.60. The van der Waals surface area contributed by atoms with Crippen LogP contribution >= 0.6 is 0 Å². The molecule has 9 heteroatoms. The molecule has 0 unspecified atom stereocenters. The van der Waals surface area contributed by atoms with Gasteiger partial charge in [0.05, 0.1) is 10.4 Å². The Labute approximate surface area is 166 Å². The zero-order valence-corrected chi connectivity index (χ0v) is 17.4. The molecule has 28 heavy (non-hydrogen) atoms. The van der Waals surface area contributed by atoms with Gasteiger partial charge in [0.2, 0.25) is 15.9 Å². The Balaban J connectivity index is 1.57. The number of carbonyl (C=O) groups excluding carboxylic acids is 1. The molecule has 1 heterocycles. The van der Waals surface area contributed by atoms with Crippen LogP contribution in [-0.4, -0.2) is 53.8 Å². The molecule has 8 nitrogen and oxygen atoms in total. The van der Waals surface area contributed by atoms with E-state index in [1.165, 1.54) is 50.2 Å². The highest BCUT2D eigenvalue weighted by molar-refractivity contribution is 7.89. The minimum atomic E-state index is -3.50. The van der Waals surface area contributed by atoms with E-state index in [9.17, 15) is 13.2 Å². The number of hydrogen-bond donors (Lipinski definition) is 1. The molecule has 0 bridgehead atoms. The molecule has 1 amide bonds. The molecule has 1 N–H and O–H groups in total. The van der Waals surface area contributed by atoms with E-state index in [0.717, 1.165) is 18.4 Å². The molecule has 0 saturated heterocycles. The number of hydrogen-bond acceptors (Lipinski definition) is 5. The van der Waals surface area contributed by atoms with Gasteiger partial charge in [-0.15, -0.1) is 5.10 Å². The van der Waals surface area contributed by atoms with Crippen molar-refractivity contribution < 1.29 is 13.2 Å². The van der Waals surface area contributed by atoms with Crippen LogP contribution in [0.15, 0.2) is 23.1 Å². The molecule has 1 aromatic heterocycles. The van der Waals surface area contributed by atoms with Crippen molar-refractivity contribution in [1.29, 1.82) is 0 Å². The first-order valence-electron chi connectivity index (χ1n) is 9.93. The van der Waals surface area contributed by atoms with Gasteiger partial charge in [0.25, 0.3) is 0 Å². The summed E-state index contributed by atoms with van der Waals surface area (Å²) in [5, 5.41) is 11.4. The Bertz CT molecular complexity index is 915. The highest BCUT2D eigenvalue weighted by Crippen LogP contribution is 2.20. The molecular formula is C19H29N5O3S. The van der Waals surface area contributed by atoms with E-state index in [1.807, 2.05) is 0 Å². The standard InChI is InChI=1S/C19H29N5O3S/c1-23(2)28(26,27)16-11-12-18-17(14-16)21-22-24(18)13-7-10-19(25)20-15-8-5-3-4-6-9-15/h11-12,14-15H,3-10,13H2,1-2H3,(H,20,25). The first kappa shape index (κ1) is 20.7. The number of rotatable bonds is 7. The Hall–Kier alpha value is -2.00. The van der Waals surface area contributed by atoms with Gasteiger partial charge in [-0.1, -0.05) is 30.9 Å². The second-order valence-electron chi connectivity index (χ2n) is 7.61. The Morgan fingerprint density at radius 2 is 1.93 bits per heavy atom. The monoisotopic (exact) mass is 407 g/mol. The zero-order chi connectivity index (χ0) is 20.1. The lowest BCUT2D eigenvalue weighted by atomic mass is 10.1. The van der Waals surface area contributed by atoms with Gasteiger partial charge in [0.15, 0.2) is 0 Å². The van der Waals surface area contributed by atoms with Gasteiger partial charge < -0.3 is 5.32 Å². The topological polar surface area (TPSA) is 97.2 Å². The van der Waals surface area contributed by atoms with Crippen LogP contribution in [0.4, 0.5) is 0 Å². The first-order valence-corrected chi connectivity index (χ1v) is 11.4. The van der Waals surface area contributed by atoms with E-state index < -0.39 is 10.0 Å². The number of fused-ring (bicyclic) bond motifs is 1. The van der Waals surface area contributed by atoms with Crippen molar-refractivity contribution in [3.8, 4) is 0 Å². The molecule has 1 saturated carbocycles. The Morgan fingerprint density at radius 3 is 2.61 bits per heavy atom. The number of nitrogens with one attached hydrogen (secondary N) is 1. The molecule has 1 aliphatic carbocycles. The van der Waals surface area contributed by atoms with Crippen LogP contribution in [-0.2, 0) is 21.4 Å². The highest BCUT2D eigenvalue weighted by atomic mass is 32.2. The largest absolute Gasteiger partial charge is 0.353 e. The third-order valence-electron chi connectivity index (χ3n) is 5.26. The Kier molecular flexibility index (Phi) is 6.66. The van der Waals surface area contributed by atoms with Crippen molar-refractivity contribution in [1.82, 2.24) is 24.6 Å². The molecule has 0 radical (unpaired) electrons. The SMILES string of the molecule is CN(C)S(=O)(=O)c1ccc2c(c1)nnn2CCCC(=O)NC1CCCCCC1. The number of aryl methyl sites for hydroxylation is 1. The first-order chi connectivity index (χ1) is 13.4. The summed E-state index contributed by atoms with van der Waals surface area (Å²) >= 11 is 0. The summed E-state index contributed by atoms with van der Waals surface area (Å²) in [6.07, 6.45) is 8.20. The van der Waals surface area contributed by atoms with Gasteiger partial charge in [-0.2, -0.15) is 0 Å². The van der Waals surface area contributed by atoms with Gasteiger partial charge in [-0.3, -0.25) is 4.79 Å². The van der Waals surface area contributed by atoms with Gasteiger partial charge in [0, 0.05) is 33.1 Å². The number of sulfonamides is 1. The molecule has 1 fully saturated rings. The van der Waals surface area contributed by atoms with Crippen molar-refractivity contribution in [2.45, 2.75) is 68.8 Å². The minimum Gasteiger partial charge on any atom is -0.353 e. The van der Waals surface area contributed by atoms with Gasteiger partial charge in [-0.05, 0) is 37.5 Å². The number of benzene rings is 1. The normalized spacial score (nSPS) is 16.4. The molecule has 2 aromatic rings. The van der Waals surface area contributed by atoms with Crippen molar-refractivity contribution >= 4 is 27.0 Å². The number of carbonyl (C=O) groups is 1. The third kappa shape index (κ3) is 4.88. The summed E-state index contributed by atoms with van der Waals surface area (Å²) in [7, 11) is -0.508. The maximum atomic E-state index is 12.2. The molecule has 154 valence electrons. The molecule has 1 aliphatic rings. The summed E-state index contributed by atoms with van der Waals surface area (Å²) in [6, 6.07) is 5.14. The third-order valence-corrected chi connectivity index (χ3v) is 7.07. The number of nitrogens with zero attached hydrogens (tertiary/aromatic N) is 4. The lowest BCUT2D eigenvalue weighted by Gasteiger charge is -2.16. The molecular weight excluding hydrogens is 378 g/mol. The smallest absolute Gasteiger partial charge is 0.242 e. The maximum Gasteiger partial charge on any atom is 0.242 e. The van der Waals surface area contributed by atoms with Gasteiger partial charge in [-0.25, -0.2) is 17.4 Å². The summed E-state index contributed by atoms with van der Waals surface area (Å²) in [6.45, 7) is 0.564. The molecule has 0 atom stereocenters. The van der Waals surface area contributed by atoms with Crippen molar-refractivity contribution in [3.05, 3.63) is 18.2 Å². The van der Waals surface area contributed by atoms with E-state index in [1.54, 1.807) is 16.8 Å². The summed E-state index contributed by atoms with van der Waals surface area (Å²) in [5.74, 6) is 0.0932. The predicted octanol–water partition coefficient (Wildman–Crippen LogP) is 2.30. The zero-order valence-electron chi connectivity index (χ0n) is 16.6.